The molecule has 1 aromatic carbocycles. The third kappa shape index (κ3) is 2.91. The highest BCUT2D eigenvalue weighted by Gasteiger charge is 2.37. The summed E-state index contributed by atoms with van der Waals surface area (Å²) in [7, 11) is 0. The van der Waals surface area contributed by atoms with Crippen LogP contribution in [0.4, 0.5) is 0 Å². The molecule has 1 aliphatic heterocycles. The topological polar surface area (TPSA) is 44.3 Å². The molecular weight excluding hydrogens is 224 g/mol. The van der Waals surface area contributed by atoms with Gasteiger partial charge in [0.25, 0.3) is 0 Å². The Kier molecular flexibility index (Phi) is 3.49. The van der Waals surface area contributed by atoms with Crippen molar-refractivity contribution in [2.24, 2.45) is 0 Å². The summed E-state index contributed by atoms with van der Waals surface area (Å²) in [6.45, 7) is 9.64. The van der Waals surface area contributed by atoms with Crippen LogP contribution in [0.25, 0.3) is 0 Å². The van der Waals surface area contributed by atoms with Crippen molar-refractivity contribution in [1.82, 2.24) is 10.6 Å². The molecule has 2 rings (SSSR count). The summed E-state index contributed by atoms with van der Waals surface area (Å²) in [5, 5.41) is 17.5. The minimum atomic E-state index is -0.792. The number of aliphatic hydroxyl groups is 1. The zero-order chi connectivity index (χ0) is 13.4. The third-order valence-electron chi connectivity index (χ3n) is 3.46. The lowest BCUT2D eigenvalue weighted by molar-refractivity contribution is 0.0171. The van der Waals surface area contributed by atoms with Crippen molar-refractivity contribution in [1.29, 1.82) is 0 Å². The van der Waals surface area contributed by atoms with Gasteiger partial charge in [0.15, 0.2) is 0 Å². The summed E-state index contributed by atoms with van der Waals surface area (Å²) < 4.78 is 0. The smallest absolute Gasteiger partial charge is 0.0937 e. The van der Waals surface area contributed by atoms with Gasteiger partial charge in [-0.1, -0.05) is 24.3 Å². The van der Waals surface area contributed by atoms with Crippen LogP contribution < -0.4 is 10.6 Å². The minimum absolute atomic E-state index is 0.00329. The molecule has 3 nitrogen and oxygen atoms in total. The van der Waals surface area contributed by atoms with Gasteiger partial charge in [0, 0.05) is 18.6 Å². The summed E-state index contributed by atoms with van der Waals surface area (Å²) in [6.07, 6.45) is 0. The van der Waals surface area contributed by atoms with Gasteiger partial charge in [-0.3, -0.25) is 0 Å². The molecule has 1 heterocycles. The Labute approximate surface area is 110 Å². The number of hydrogen-bond acceptors (Lipinski definition) is 3. The van der Waals surface area contributed by atoms with Gasteiger partial charge in [0.1, 0.15) is 0 Å². The molecule has 0 spiro atoms. The lowest BCUT2D eigenvalue weighted by atomic mass is 9.89. The molecule has 0 saturated carbocycles. The average Bonchev–Trinajstić information content (AvgIpc) is 2.70. The largest absolute Gasteiger partial charge is 0.387 e. The van der Waals surface area contributed by atoms with E-state index in [0.717, 1.165) is 6.54 Å². The Morgan fingerprint density at radius 3 is 2.61 bits per heavy atom. The maximum absolute atomic E-state index is 10.7. The number of nitrogens with one attached hydrogen (secondary N) is 2. The van der Waals surface area contributed by atoms with Gasteiger partial charge in [-0.25, -0.2) is 0 Å². The number of fused-ring (bicyclic) bond motifs is 1. The van der Waals surface area contributed by atoms with E-state index in [9.17, 15) is 5.11 Å². The first-order valence-corrected chi connectivity index (χ1v) is 6.58. The maximum Gasteiger partial charge on any atom is 0.0937 e. The average molecular weight is 248 g/mol. The molecule has 18 heavy (non-hydrogen) atoms. The molecule has 0 aromatic heterocycles. The highest BCUT2D eigenvalue weighted by molar-refractivity contribution is 5.35. The van der Waals surface area contributed by atoms with Gasteiger partial charge < -0.3 is 15.7 Å². The lowest BCUT2D eigenvalue weighted by Gasteiger charge is -2.34. The zero-order valence-corrected chi connectivity index (χ0v) is 11.7. The molecule has 0 fully saturated rings. The van der Waals surface area contributed by atoms with Crippen LogP contribution in [0.3, 0.4) is 0 Å². The maximum atomic E-state index is 10.7. The van der Waals surface area contributed by atoms with Gasteiger partial charge in [-0.05, 0) is 38.8 Å². The van der Waals surface area contributed by atoms with Crippen LogP contribution in [-0.2, 0) is 6.54 Å². The van der Waals surface area contributed by atoms with Crippen molar-refractivity contribution >= 4 is 0 Å². The Balaban J connectivity index is 2.12. The van der Waals surface area contributed by atoms with E-state index in [1.807, 2.05) is 19.1 Å². The van der Waals surface area contributed by atoms with E-state index in [2.05, 4.69) is 43.5 Å². The van der Waals surface area contributed by atoms with Crippen LogP contribution in [0.1, 0.15) is 44.9 Å². The molecule has 3 N–H and O–H groups in total. The van der Waals surface area contributed by atoms with Crippen molar-refractivity contribution in [3.05, 3.63) is 35.4 Å². The van der Waals surface area contributed by atoms with Crippen molar-refractivity contribution < 1.29 is 5.11 Å². The minimum Gasteiger partial charge on any atom is -0.387 e. The van der Waals surface area contributed by atoms with Gasteiger partial charge >= 0.3 is 0 Å². The molecule has 1 aromatic rings. The first-order valence-electron chi connectivity index (χ1n) is 6.58. The van der Waals surface area contributed by atoms with E-state index in [-0.39, 0.29) is 11.6 Å². The van der Waals surface area contributed by atoms with Crippen LogP contribution >= 0.6 is 0 Å². The lowest BCUT2D eigenvalue weighted by Crippen LogP contribution is -2.51. The van der Waals surface area contributed by atoms with E-state index in [0.29, 0.717) is 6.54 Å². The molecule has 0 saturated heterocycles. The molecule has 1 aliphatic rings. The van der Waals surface area contributed by atoms with Crippen molar-refractivity contribution in [3.63, 3.8) is 0 Å². The van der Waals surface area contributed by atoms with Crippen LogP contribution in [0, 0.1) is 0 Å². The van der Waals surface area contributed by atoms with Crippen LogP contribution in [0.5, 0.6) is 0 Å². The first kappa shape index (κ1) is 13.5. The Hall–Kier alpha value is -0.900. The predicted molar refractivity (Wildman–Crippen MR) is 74.4 cm³/mol. The summed E-state index contributed by atoms with van der Waals surface area (Å²) in [5.74, 6) is 0. The summed E-state index contributed by atoms with van der Waals surface area (Å²) in [6, 6.07) is 8.31. The first-order chi connectivity index (χ1) is 8.30. The third-order valence-corrected chi connectivity index (χ3v) is 3.46. The van der Waals surface area contributed by atoms with Gasteiger partial charge in [0.05, 0.1) is 11.6 Å². The molecule has 2 atom stereocenters. The second kappa shape index (κ2) is 4.65. The van der Waals surface area contributed by atoms with Crippen molar-refractivity contribution in [2.45, 2.75) is 51.4 Å². The molecular formula is C15H24N2O. The zero-order valence-electron chi connectivity index (χ0n) is 11.7. The Morgan fingerprint density at radius 1 is 1.28 bits per heavy atom. The Bertz CT molecular complexity index is 421. The molecule has 2 unspecified atom stereocenters. The molecule has 100 valence electrons. The normalized spacial score (nSPS) is 22.6. The van der Waals surface area contributed by atoms with Crippen LogP contribution in [-0.4, -0.2) is 22.8 Å². The predicted octanol–water partition coefficient (Wildman–Crippen LogP) is 1.97. The van der Waals surface area contributed by atoms with E-state index in [1.165, 1.54) is 11.1 Å². The van der Waals surface area contributed by atoms with Gasteiger partial charge in [-0.2, -0.15) is 0 Å². The fourth-order valence-electron chi connectivity index (χ4n) is 2.40. The van der Waals surface area contributed by atoms with E-state index >= 15 is 0 Å². The van der Waals surface area contributed by atoms with E-state index in [1.54, 1.807) is 0 Å². The van der Waals surface area contributed by atoms with Crippen LogP contribution in [0.15, 0.2) is 24.3 Å². The van der Waals surface area contributed by atoms with E-state index < -0.39 is 5.60 Å². The fraction of sp³-hybridized carbons (Fsp3) is 0.600. The van der Waals surface area contributed by atoms with Crippen molar-refractivity contribution in [2.75, 3.05) is 6.54 Å². The highest BCUT2D eigenvalue weighted by atomic mass is 16.3. The standard InChI is InChI=1S/C15H24N2O/c1-14(2,3)17-10-15(4,18)13-12-8-6-5-7-11(12)9-16-13/h5-8,13,16-18H,9-10H2,1-4H3. The van der Waals surface area contributed by atoms with Gasteiger partial charge in [-0.15, -0.1) is 0 Å². The molecule has 0 radical (unpaired) electrons. The van der Waals surface area contributed by atoms with Crippen LogP contribution in [0.2, 0.25) is 0 Å². The number of rotatable bonds is 3. The van der Waals surface area contributed by atoms with E-state index in [4.69, 9.17) is 0 Å². The molecule has 0 aliphatic carbocycles. The summed E-state index contributed by atoms with van der Waals surface area (Å²) in [5.41, 5.74) is 1.74. The number of benzene rings is 1. The molecule has 3 heteroatoms. The Morgan fingerprint density at radius 2 is 1.94 bits per heavy atom. The second-order valence-corrected chi connectivity index (χ2v) is 6.47. The van der Waals surface area contributed by atoms with Crippen molar-refractivity contribution in [3.8, 4) is 0 Å². The highest BCUT2D eigenvalue weighted by Crippen LogP contribution is 2.33. The second-order valence-electron chi connectivity index (χ2n) is 6.47. The molecule has 0 amide bonds. The summed E-state index contributed by atoms with van der Waals surface area (Å²) >= 11 is 0. The summed E-state index contributed by atoms with van der Waals surface area (Å²) in [4.78, 5) is 0. The SMILES string of the molecule is CC(C)(C)NCC(C)(O)C1NCc2ccccc21. The number of β-amino-alcohol motifs (C(OH)–C–C–N with tert-alkyl or cyclic N) is 1. The quantitative estimate of drug-likeness (QED) is 0.766. The number of hydrogen-bond donors (Lipinski definition) is 3. The molecule has 0 bridgehead atoms. The van der Waals surface area contributed by atoms with Gasteiger partial charge in [0.2, 0.25) is 0 Å². The fourth-order valence-corrected chi connectivity index (χ4v) is 2.40. The monoisotopic (exact) mass is 248 g/mol.